The van der Waals surface area contributed by atoms with Gasteiger partial charge < -0.3 is 0 Å². The Balaban J connectivity index is 1.39. The van der Waals surface area contributed by atoms with E-state index in [4.69, 9.17) is 0 Å². The van der Waals surface area contributed by atoms with E-state index in [-0.39, 0.29) is 16.5 Å². The van der Waals surface area contributed by atoms with Gasteiger partial charge in [0.15, 0.2) is 0 Å². The minimum atomic E-state index is -0.354. The molecule has 4 heteroatoms. The molecular weight excluding hydrogens is 362 g/mol. The van der Waals surface area contributed by atoms with Gasteiger partial charge in [0.1, 0.15) is 5.78 Å². The van der Waals surface area contributed by atoms with Crippen molar-refractivity contribution in [2.75, 3.05) is 0 Å². The van der Waals surface area contributed by atoms with Crippen LogP contribution in [0, 0.1) is 22.0 Å². The molecule has 154 valence electrons. The molecule has 1 fully saturated rings. The number of carbonyl (C=O) groups is 1. The summed E-state index contributed by atoms with van der Waals surface area (Å²) in [6.45, 7) is 2.08. The maximum atomic E-state index is 12.6. The molecule has 29 heavy (non-hydrogen) atoms. The molecule has 0 spiro atoms. The monoisotopic (exact) mass is 393 g/mol. The van der Waals surface area contributed by atoms with Crippen molar-refractivity contribution in [1.29, 1.82) is 0 Å². The minimum Gasteiger partial charge on any atom is -0.299 e. The van der Waals surface area contributed by atoms with Crippen LogP contribution in [0.25, 0.3) is 0 Å². The van der Waals surface area contributed by atoms with Crippen LogP contribution in [0.4, 0.5) is 5.69 Å². The zero-order chi connectivity index (χ0) is 20.6. The van der Waals surface area contributed by atoms with E-state index < -0.39 is 0 Å². The number of aryl methyl sites for hydroxylation is 1. The van der Waals surface area contributed by atoms with Gasteiger partial charge in [-0.3, -0.25) is 14.9 Å². The molecule has 2 aromatic rings. The minimum absolute atomic E-state index is 0.145. The lowest BCUT2D eigenvalue weighted by atomic mass is 9.76. The molecule has 1 aliphatic carbocycles. The van der Waals surface area contributed by atoms with Crippen LogP contribution in [0.3, 0.4) is 0 Å². The highest BCUT2D eigenvalue weighted by Gasteiger charge is 2.25. The van der Waals surface area contributed by atoms with Crippen LogP contribution >= 0.6 is 0 Å². The van der Waals surface area contributed by atoms with Gasteiger partial charge in [0, 0.05) is 24.5 Å². The van der Waals surface area contributed by atoms with E-state index >= 15 is 0 Å². The standard InChI is InChI=1S/C25H31NO3/c1-19(6-5-9-20-7-3-2-4-8-20)25(27)18-21-10-12-22(13-11-21)23-14-16-24(17-15-23)26(28)29/h2-4,7-8,14-17,19,21-22H,5-6,9-13,18H2,1H3. The maximum absolute atomic E-state index is 12.6. The van der Waals surface area contributed by atoms with Crippen molar-refractivity contribution < 1.29 is 9.72 Å². The SMILES string of the molecule is CC(CCCc1ccccc1)C(=O)CC1CCC(c2ccc([N+](=O)[O-])cc2)CC1. The Morgan fingerprint density at radius 1 is 1.03 bits per heavy atom. The van der Waals surface area contributed by atoms with Crippen LogP contribution in [0.5, 0.6) is 0 Å². The summed E-state index contributed by atoms with van der Waals surface area (Å²) in [6, 6.07) is 17.4. The fourth-order valence-corrected chi connectivity index (χ4v) is 4.47. The van der Waals surface area contributed by atoms with Gasteiger partial charge in [0.25, 0.3) is 5.69 Å². The average molecular weight is 394 g/mol. The molecule has 4 nitrogen and oxygen atoms in total. The molecule has 3 rings (SSSR count). The van der Waals surface area contributed by atoms with Gasteiger partial charge in [0.05, 0.1) is 4.92 Å². The first kappa shape index (κ1) is 21.2. The van der Waals surface area contributed by atoms with Crippen molar-refractivity contribution in [2.24, 2.45) is 11.8 Å². The summed E-state index contributed by atoms with van der Waals surface area (Å²) in [5, 5.41) is 10.8. The zero-order valence-electron chi connectivity index (χ0n) is 17.3. The highest BCUT2D eigenvalue weighted by molar-refractivity contribution is 5.80. The second-order valence-corrected chi connectivity index (χ2v) is 8.52. The van der Waals surface area contributed by atoms with Crippen LogP contribution < -0.4 is 0 Å². The summed E-state index contributed by atoms with van der Waals surface area (Å²) >= 11 is 0. The molecule has 0 heterocycles. The molecule has 0 amide bonds. The van der Waals surface area contributed by atoms with E-state index in [1.54, 1.807) is 12.1 Å². The van der Waals surface area contributed by atoms with E-state index in [2.05, 4.69) is 31.2 Å². The summed E-state index contributed by atoms with van der Waals surface area (Å²) < 4.78 is 0. The van der Waals surface area contributed by atoms with Gasteiger partial charge in [-0.25, -0.2) is 0 Å². The second-order valence-electron chi connectivity index (χ2n) is 8.52. The molecule has 0 aromatic heterocycles. The number of carbonyl (C=O) groups excluding carboxylic acids is 1. The van der Waals surface area contributed by atoms with Crippen LogP contribution in [-0.4, -0.2) is 10.7 Å². The predicted molar refractivity (Wildman–Crippen MR) is 116 cm³/mol. The van der Waals surface area contributed by atoms with Crippen molar-refractivity contribution in [3.05, 3.63) is 75.8 Å². The fourth-order valence-electron chi connectivity index (χ4n) is 4.47. The molecular formula is C25H31NO3. The summed E-state index contributed by atoms with van der Waals surface area (Å²) in [7, 11) is 0. The Labute approximate surface area is 173 Å². The number of benzene rings is 2. The summed E-state index contributed by atoms with van der Waals surface area (Å²) in [6.07, 6.45) is 8.05. The molecule has 0 aliphatic heterocycles. The van der Waals surface area contributed by atoms with E-state index in [9.17, 15) is 14.9 Å². The highest BCUT2D eigenvalue weighted by Crippen LogP contribution is 2.38. The van der Waals surface area contributed by atoms with Crippen molar-refractivity contribution in [3.8, 4) is 0 Å². The third kappa shape index (κ3) is 6.25. The number of rotatable bonds is 9. The smallest absolute Gasteiger partial charge is 0.269 e. The molecule has 0 N–H and O–H groups in total. The van der Waals surface area contributed by atoms with E-state index in [1.165, 1.54) is 11.1 Å². The van der Waals surface area contributed by atoms with Gasteiger partial charge in [-0.1, -0.05) is 49.4 Å². The number of Topliss-reactive ketones (excluding diaryl/α,β-unsaturated/α-hetero) is 1. The van der Waals surface area contributed by atoms with Crippen LogP contribution in [0.1, 0.15) is 68.9 Å². The molecule has 0 saturated heterocycles. The van der Waals surface area contributed by atoms with Crippen LogP contribution in [-0.2, 0) is 11.2 Å². The third-order valence-electron chi connectivity index (χ3n) is 6.41. The largest absolute Gasteiger partial charge is 0.299 e. The Morgan fingerprint density at radius 3 is 2.31 bits per heavy atom. The normalized spacial score (nSPS) is 20.2. The molecule has 1 aliphatic rings. The lowest BCUT2D eigenvalue weighted by molar-refractivity contribution is -0.384. The molecule has 2 aromatic carbocycles. The maximum Gasteiger partial charge on any atom is 0.269 e. The van der Waals surface area contributed by atoms with Crippen molar-refractivity contribution in [1.82, 2.24) is 0 Å². The van der Waals surface area contributed by atoms with E-state index in [0.29, 0.717) is 24.0 Å². The summed E-state index contributed by atoms with van der Waals surface area (Å²) in [5.41, 5.74) is 2.68. The Bertz CT molecular complexity index is 793. The fraction of sp³-hybridized carbons (Fsp3) is 0.480. The number of ketones is 1. The van der Waals surface area contributed by atoms with Gasteiger partial charge in [-0.05, 0) is 67.9 Å². The molecule has 0 radical (unpaired) electrons. The number of hydrogen-bond acceptors (Lipinski definition) is 3. The van der Waals surface area contributed by atoms with Gasteiger partial charge in [-0.2, -0.15) is 0 Å². The molecule has 1 saturated carbocycles. The van der Waals surface area contributed by atoms with Gasteiger partial charge >= 0.3 is 0 Å². The van der Waals surface area contributed by atoms with Crippen molar-refractivity contribution in [2.45, 2.75) is 64.2 Å². The van der Waals surface area contributed by atoms with Crippen molar-refractivity contribution in [3.63, 3.8) is 0 Å². The first-order chi connectivity index (χ1) is 14.0. The van der Waals surface area contributed by atoms with Gasteiger partial charge in [-0.15, -0.1) is 0 Å². The molecule has 1 unspecified atom stereocenters. The Kier molecular flexibility index (Phi) is 7.56. The predicted octanol–water partition coefficient (Wildman–Crippen LogP) is 6.49. The zero-order valence-corrected chi connectivity index (χ0v) is 17.3. The second kappa shape index (κ2) is 10.3. The third-order valence-corrected chi connectivity index (χ3v) is 6.41. The quantitative estimate of drug-likeness (QED) is 0.361. The molecule has 0 bridgehead atoms. The summed E-state index contributed by atoms with van der Waals surface area (Å²) in [5.74, 6) is 1.52. The first-order valence-electron chi connectivity index (χ1n) is 10.8. The number of hydrogen-bond donors (Lipinski definition) is 0. The van der Waals surface area contributed by atoms with Crippen molar-refractivity contribution >= 4 is 11.5 Å². The number of nitro benzene ring substituents is 1. The lowest BCUT2D eigenvalue weighted by Gasteiger charge is -2.29. The highest BCUT2D eigenvalue weighted by atomic mass is 16.6. The number of nitro groups is 1. The van der Waals surface area contributed by atoms with Gasteiger partial charge in [0.2, 0.25) is 0 Å². The topological polar surface area (TPSA) is 60.2 Å². The van der Waals surface area contributed by atoms with E-state index in [1.807, 2.05) is 18.2 Å². The Morgan fingerprint density at radius 2 is 1.69 bits per heavy atom. The Hall–Kier alpha value is -2.49. The van der Waals surface area contributed by atoms with E-state index in [0.717, 1.165) is 44.9 Å². The summed E-state index contributed by atoms with van der Waals surface area (Å²) in [4.78, 5) is 23.1. The first-order valence-corrected chi connectivity index (χ1v) is 10.8. The average Bonchev–Trinajstić information content (AvgIpc) is 2.75. The molecule has 1 atom stereocenters. The lowest BCUT2D eigenvalue weighted by Crippen LogP contribution is -2.20. The number of nitrogens with zero attached hydrogens (tertiary/aromatic N) is 1. The van der Waals surface area contributed by atoms with Crippen LogP contribution in [0.2, 0.25) is 0 Å². The number of non-ortho nitro benzene ring substituents is 1. The van der Waals surface area contributed by atoms with Crippen LogP contribution in [0.15, 0.2) is 54.6 Å².